The zero-order chi connectivity index (χ0) is 16.7. The number of nitrogens with zero attached hydrogens (tertiary/aromatic N) is 3. The molecule has 1 aromatic heterocycles. The van der Waals surface area contributed by atoms with Crippen molar-refractivity contribution < 1.29 is 9.53 Å². The van der Waals surface area contributed by atoms with Gasteiger partial charge in [0.2, 0.25) is 0 Å². The van der Waals surface area contributed by atoms with Gasteiger partial charge in [-0.2, -0.15) is 5.10 Å². The van der Waals surface area contributed by atoms with E-state index < -0.39 is 0 Å². The van der Waals surface area contributed by atoms with Gasteiger partial charge in [-0.15, -0.1) is 0 Å². The Bertz CT molecular complexity index is 754. The summed E-state index contributed by atoms with van der Waals surface area (Å²) in [6.07, 6.45) is 2.27. The van der Waals surface area contributed by atoms with E-state index in [1.54, 1.807) is 0 Å². The number of hydrogen-bond donors (Lipinski definition) is 0. The van der Waals surface area contributed by atoms with Crippen molar-refractivity contribution in [2.24, 2.45) is 0 Å². The van der Waals surface area contributed by atoms with Gasteiger partial charge in [0.1, 0.15) is 0 Å². The van der Waals surface area contributed by atoms with Crippen LogP contribution in [0.3, 0.4) is 0 Å². The topological polar surface area (TPSA) is 47.4 Å². The van der Waals surface area contributed by atoms with Crippen LogP contribution in [0.25, 0.3) is 5.69 Å². The third-order valence-corrected chi connectivity index (χ3v) is 4.90. The molecule has 2 aromatic rings. The largest absolute Gasteiger partial charge is 0.378 e. The number of aryl methyl sites for hydroxylation is 1. The van der Waals surface area contributed by atoms with Crippen molar-refractivity contribution in [3.05, 3.63) is 46.8 Å². The molecule has 0 unspecified atom stereocenters. The van der Waals surface area contributed by atoms with Crippen LogP contribution in [-0.2, 0) is 4.74 Å². The molecule has 1 aliphatic carbocycles. The van der Waals surface area contributed by atoms with Crippen molar-refractivity contribution in [2.45, 2.75) is 32.6 Å². The average molecular weight is 325 g/mol. The minimum absolute atomic E-state index is 0.107. The number of amides is 1. The molecule has 0 bridgehead atoms. The Balaban J connectivity index is 1.75. The molecular formula is C19H23N3O2. The van der Waals surface area contributed by atoms with E-state index in [2.05, 4.69) is 31.2 Å². The molecule has 0 atom stereocenters. The second-order valence-corrected chi connectivity index (χ2v) is 6.77. The summed E-state index contributed by atoms with van der Waals surface area (Å²) in [5.41, 5.74) is 4.96. The fourth-order valence-electron chi connectivity index (χ4n) is 3.29. The van der Waals surface area contributed by atoms with Crippen LogP contribution in [-0.4, -0.2) is 46.9 Å². The maximum absolute atomic E-state index is 13.1. The van der Waals surface area contributed by atoms with E-state index in [1.807, 2.05) is 16.5 Å². The average Bonchev–Trinajstić information content (AvgIpc) is 3.39. The minimum atomic E-state index is 0.107. The first kappa shape index (κ1) is 15.4. The molecule has 126 valence electrons. The predicted molar refractivity (Wildman–Crippen MR) is 91.7 cm³/mol. The molecule has 0 radical (unpaired) electrons. The first-order valence-corrected chi connectivity index (χ1v) is 8.68. The SMILES string of the molecule is Cc1ccc(-n2nc(C3CC3)c(C(=O)N3CCOCC3)c2C)cc1. The van der Waals surface area contributed by atoms with E-state index in [-0.39, 0.29) is 5.91 Å². The van der Waals surface area contributed by atoms with E-state index in [1.165, 1.54) is 5.56 Å². The number of morpholine rings is 1. The number of hydrogen-bond acceptors (Lipinski definition) is 3. The highest BCUT2D eigenvalue weighted by molar-refractivity contribution is 5.97. The molecule has 1 aliphatic heterocycles. The lowest BCUT2D eigenvalue weighted by molar-refractivity contribution is 0.0301. The second-order valence-electron chi connectivity index (χ2n) is 6.77. The van der Waals surface area contributed by atoms with E-state index in [4.69, 9.17) is 9.84 Å². The third-order valence-electron chi connectivity index (χ3n) is 4.90. The molecular weight excluding hydrogens is 302 g/mol. The Morgan fingerprint density at radius 1 is 1.12 bits per heavy atom. The second kappa shape index (κ2) is 6.06. The Hall–Kier alpha value is -2.14. The fraction of sp³-hybridized carbons (Fsp3) is 0.474. The van der Waals surface area contributed by atoms with Gasteiger partial charge in [-0.1, -0.05) is 17.7 Å². The standard InChI is InChI=1S/C19H23N3O2/c1-13-3-7-16(8-4-13)22-14(2)17(18(20-22)15-5-6-15)19(23)21-9-11-24-12-10-21/h3-4,7-8,15H,5-6,9-12H2,1-2H3. The van der Waals surface area contributed by atoms with Crippen molar-refractivity contribution in [3.63, 3.8) is 0 Å². The lowest BCUT2D eigenvalue weighted by atomic mass is 10.1. The number of carbonyl (C=O) groups is 1. The summed E-state index contributed by atoms with van der Waals surface area (Å²) in [5, 5.41) is 4.83. The van der Waals surface area contributed by atoms with Crippen molar-refractivity contribution in [2.75, 3.05) is 26.3 Å². The van der Waals surface area contributed by atoms with Gasteiger partial charge < -0.3 is 9.64 Å². The van der Waals surface area contributed by atoms with Crippen LogP contribution in [0.4, 0.5) is 0 Å². The first-order valence-electron chi connectivity index (χ1n) is 8.68. The fourth-order valence-corrected chi connectivity index (χ4v) is 3.29. The summed E-state index contributed by atoms with van der Waals surface area (Å²) in [5.74, 6) is 0.548. The molecule has 0 spiro atoms. The lowest BCUT2D eigenvalue weighted by Crippen LogP contribution is -2.41. The summed E-state index contributed by atoms with van der Waals surface area (Å²) < 4.78 is 7.31. The van der Waals surface area contributed by atoms with Gasteiger partial charge in [0.25, 0.3) is 5.91 Å². The molecule has 5 nitrogen and oxygen atoms in total. The van der Waals surface area contributed by atoms with Gasteiger partial charge in [-0.3, -0.25) is 4.79 Å². The van der Waals surface area contributed by atoms with Crippen molar-refractivity contribution >= 4 is 5.91 Å². The highest BCUT2D eigenvalue weighted by Crippen LogP contribution is 2.42. The summed E-state index contributed by atoms with van der Waals surface area (Å²) >= 11 is 0. The monoisotopic (exact) mass is 325 g/mol. The van der Waals surface area contributed by atoms with Crippen molar-refractivity contribution in [1.29, 1.82) is 0 Å². The molecule has 1 saturated heterocycles. The first-order chi connectivity index (χ1) is 11.6. The number of rotatable bonds is 3. The maximum atomic E-state index is 13.1. The number of carbonyl (C=O) groups excluding carboxylic acids is 1. The van der Waals surface area contributed by atoms with Crippen LogP contribution in [0.15, 0.2) is 24.3 Å². The summed E-state index contributed by atoms with van der Waals surface area (Å²) in [7, 11) is 0. The minimum Gasteiger partial charge on any atom is -0.378 e. The molecule has 24 heavy (non-hydrogen) atoms. The number of ether oxygens (including phenoxy) is 1. The predicted octanol–water partition coefficient (Wildman–Crippen LogP) is 2.84. The Morgan fingerprint density at radius 2 is 1.79 bits per heavy atom. The number of benzene rings is 1. The quantitative estimate of drug-likeness (QED) is 0.872. The van der Waals surface area contributed by atoms with Crippen LogP contribution in [0.2, 0.25) is 0 Å². The van der Waals surface area contributed by atoms with Gasteiger partial charge in [-0.05, 0) is 38.8 Å². The van der Waals surface area contributed by atoms with E-state index in [0.717, 1.165) is 35.5 Å². The molecule has 4 rings (SSSR count). The summed E-state index contributed by atoms with van der Waals surface area (Å²) in [4.78, 5) is 15.0. The zero-order valence-electron chi connectivity index (χ0n) is 14.3. The molecule has 1 aromatic carbocycles. The molecule has 0 N–H and O–H groups in total. The molecule has 1 amide bonds. The number of aromatic nitrogens is 2. The maximum Gasteiger partial charge on any atom is 0.257 e. The van der Waals surface area contributed by atoms with Crippen LogP contribution in [0.1, 0.15) is 46.1 Å². The van der Waals surface area contributed by atoms with Gasteiger partial charge in [0.15, 0.2) is 0 Å². The van der Waals surface area contributed by atoms with E-state index in [9.17, 15) is 4.79 Å². The molecule has 2 aliphatic rings. The van der Waals surface area contributed by atoms with Crippen molar-refractivity contribution in [3.8, 4) is 5.69 Å². The normalized spacial score (nSPS) is 18.0. The summed E-state index contributed by atoms with van der Waals surface area (Å²) in [6.45, 7) is 6.65. The third kappa shape index (κ3) is 2.73. The van der Waals surface area contributed by atoms with E-state index >= 15 is 0 Å². The highest BCUT2D eigenvalue weighted by Gasteiger charge is 2.35. The highest BCUT2D eigenvalue weighted by atomic mass is 16.5. The van der Waals surface area contributed by atoms with Crippen LogP contribution in [0, 0.1) is 13.8 Å². The smallest absolute Gasteiger partial charge is 0.257 e. The van der Waals surface area contributed by atoms with Crippen LogP contribution >= 0.6 is 0 Å². The van der Waals surface area contributed by atoms with Crippen LogP contribution in [0.5, 0.6) is 0 Å². The van der Waals surface area contributed by atoms with Gasteiger partial charge in [-0.25, -0.2) is 4.68 Å². The van der Waals surface area contributed by atoms with Crippen LogP contribution < -0.4 is 0 Å². The molecule has 1 saturated carbocycles. The van der Waals surface area contributed by atoms with E-state index in [0.29, 0.717) is 32.2 Å². The molecule has 2 fully saturated rings. The summed E-state index contributed by atoms with van der Waals surface area (Å²) in [6, 6.07) is 8.29. The Morgan fingerprint density at radius 3 is 2.42 bits per heavy atom. The Labute approximate surface area is 142 Å². The van der Waals surface area contributed by atoms with Crippen molar-refractivity contribution in [1.82, 2.24) is 14.7 Å². The molecule has 2 heterocycles. The lowest BCUT2D eigenvalue weighted by Gasteiger charge is -2.27. The molecule has 5 heteroatoms. The van der Waals surface area contributed by atoms with Gasteiger partial charge in [0, 0.05) is 19.0 Å². The van der Waals surface area contributed by atoms with Gasteiger partial charge in [0.05, 0.1) is 35.9 Å². The zero-order valence-corrected chi connectivity index (χ0v) is 14.3. The Kier molecular flexibility index (Phi) is 3.88. The van der Waals surface area contributed by atoms with Gasteiger partial charge >= 0.3 is 0 Å².